The van der Waals surface area contributed by atoms with Crippen molar-refractivity contribution >= 4 is 27.3 Å². The molecule has 0 radical (unpaired) electrons. The van der Waals surface area contributed by atoms with Gasteiger partial charge in [0, 0.05) is 36.4 Å². The van der Waals surface area contributed by atoms with Gasteiger partial charge in [-0.1, -0.05) is 0 Å². The maximum atomic E-state index is 12.9. The van der Waals surface area contributed by atoms with E-state index in [1.165, 1.54) is 11.3 Å². The fourth-order valence-electron chi connectivity index (χ4n) is 4.74. The normalized spacial score (nSPS) is 26.9. The summed E-state index contributed by atoms with van der Waals surface area (Å²) in [5, 5.41) is 2.69. The average molecular weight is 466 g/mol. The van der Waals surface area contributed by atoms with Crippen molar-refractivity contribution in [1.29, 1.82) is 0 Å². The minimum atomic E-state index is -3.28. The van der Waals surface area contributed by atoms with E-state index in [2.05, 4.69) is 48.7 Å². The molecule has 1 aromatic rings. The zero-order valence-electron chi connectivity index (χ0n) is 20.3. The van der Waals surface area contributed by atoms with Gasteiger partial charge in [-0.2, -0.15) is 0 Å². The molecule has 2 atom stereocenters. The molecule has 0 aromatic heterocycles. The van der Waals surface area contributed by atoms with Crippen molar-refractivity contribution in [2.24, 2.45) is 5.92 Å². The van der Waals surface area contributed by atoms with E-state index in [1.54, 1.807) is 13.8 Å². The molecule has 180 valence electrons. The van der Waals surface area contributed by atoms with Gasteiger partial charge in [0.25, 0.3) is 0 Å². The molecule has 2 fully saturated rings. The Morgan fingerprint density at radius 2 is 1.62 bits per heavy atom. The van der Waals surface area contributed by atoms with Crippen LogP contribution in [0.5, 0.6) is 0 Å². The number of nitrogens with zero attached hydrogens (tertiary/aromatic N) is 1. The second-order valence-electron chi connectivity index (χ2n) is 9.79. The SMILES string of the molecule is Cc1c(NC(=O)C2CCC(NS(=O)(=O)C(C)C)CC2)ccc(N2C[C@@H](C)O[C@@H](C)C2)c1C. The van der Waals surface area contributed by atoms with Crippen molar-refractivity contribution in [2.45, 2.75) is 90.7 Å². The third kappa shape index (κ3) is 5.83. The molecule has 1 aliphatic carbocycles. The maximum Gasteiger partial charge on any atom is 0.227 e. The van der Waals surface area contributed by atoms with Gasteiger partial charge in [0.15, 0.2) is 0 Å². The number of rotatable bonds is 6. The molecule has 8 heteroatoms. The van der Waals surface area contributed by atoms with Gasteiger partial charge < -0.3 is 15.0 Å². The van der Waals surface area contributed by atoms with Crippen molar-refractivity contribution in [2.75, 3.05) is 23.3 Å². The predicted octanol–water partition coefficient (Wildman–Crippen LogP) is 3.74. The largest absolute Gasteiger partial charge is 0.372 e. The van der Waals surface area contributed by atoms with Crippen LogP contribution in [0.15, 0.2) is 12.1 Å². The predicted molar refractivity (Wildman–Crippen MR) is 130 cm³/mol. The highest BCUT2D eigenvalue weighted by atomic mass is 32.2. The van der Waals surface area contributed by atoms with E-state index >= 15 is 0 Å². The van der Waals surface area contributed by atoms with Gasteiger partial charge in [0.2, 0.25) is 15.9 Å². The average Bonchev–Trinajstić information content (AvgIpc) is 2.71. The highest BCUT2D eigenvalue weighted by molar-refractivity contribution is 7.90. The number of carbonyl (C=O) groups excluding carboxylic acids is 1. The lowest BCUT2D eigenvalue weighted by molar-refractivity contribution is -0.120. The first-order valence-corrected chi connectivity index (χ1v) is 13.3. The molecular weight excluding hydrogens is 426 g/mol. The first-order valence-electron chi connectivity index (χ1n) is 11.8. The van der Waals surface area contributed by atoms with E-state index in [9.17, 15) is 13.2 Å². The quantitative estimate of drug-likeness (QED) is 0.668. The van der Waals surface area contributed by atoms with Gasteiger partial charge in [0.05, 0.1) is 17.5 Å². The number of anilines is 2. The summed E-state index contributed by atoms with van der Waals surface area (Å²) in [6, 6.07) is 4.02. The van der Waals surface area contributed by atoms with Crippen LogP contribution in [0.25, 0.3) is 0 Å². The first kappa shape index (κ1) is 25.0. The smallest absolute Gasteiger partial charge is 0.227 e. The van der Waals surface area contributed by atoms with E-state index in [0.717, 1.165) is 24.3 Å². The molecule has 1 aromatic carbocycles. The Labute approximate surface area is 193 Å². The van der Waals surface area contributed by atoms with Gasteiger partial charge in [-0.3, -0.25) is 4.79 Å². The van der Waals surface area contributed by atoms with Crippen LogP contribution < -0.4 is 14.9 Å². The van der Waals surface area contributed by atoms with E-state index in [-0.39, 0.29) is 30.1 Å². The monoisotopic (exact) mass is 465 g/mol. The van der Waals surface area contributed by atoms with Crippen molar-refractivity contribution in [3.63, 3.8) is 0 Å². The number of amides is 1. The molecular formula is C24H39N3O4S. The second-order valence-corrected chi connectivity index (χ2v) is 12.1. The highest BCUT2D eigenvalue weighted by Gasteiger charge is 2.30. The molecule has 1 aliphatic heterocycles. The zero-order valence-corrected chi connectivity index (χ0v) is 21.1. The van der Waals surface area contributed by atoms with Crippen LogP contribution in [0.3, 0.4) is 0 Å². The van der Waals surface area contributed by atoms with E-state index in [0.29, 0.717) is 25.7 Å². The summed E-state index contributed by atoms with van der Waals surface area (Å²) in [5.74, 6) is -0.0610. The van der Waals surface area contributed by atoms with Crippen LogP contribution in [-0.2, 0) is 19.6 Å². The molecule has 0 bridgehead atoms. The van der Waals surface area contributed by atoms with Crippen molar-refractivity contribution in [3.8, 4) is 0 Å². The van der Waals surface area contributed by atoms with Crippen LogP contribution in [0.4, 0.5) is 11.4 Å². The molecule has 1 amide bonds. The Kier molecular flexibility index (Phi) is 7.89. The Balaban J connectivity index is 1.61. The molecule has 3 rings (SSSR count). The maximum absolute atomic E-state index is 12.9. The number of morpholine rings is 1. The van der Waals surface area contributed by atoms with Crippen molar-refractivity contribution in [3.05, 3.63) is 23.3 Å². The molecule has 2 N–H and O–H groups in total. The third-order valence-electron chi connectivity index (χ3n) is 6.83. The summed E-state index contributed by atoms with van der Waals surface area (Å²) in [6.45, 7) is 13.4. The van der Waals surface area contributed by atoms with Gasteiger partial charge in [-0.15, -0.1) is 0 Å². The lowest BCUT2D eigenvalue weighted by Crippen LogP contribution is -2.45. The van der Waals surface area contributed by atoms with Crippen LogP contribution in [0.2, 0.25) is 0 Å². The van der Waals surface area contributed by atoms with E-state index in [4.69, 9.17) is 4.74 Å². The minimum absolute atomic E-state index is 0.0269. The molecule has 0 unspecified atom stereocenters. The summed E-state index contributed by atoms with van der Waals surface area (Å²) in [4.78, 5) is 15.3. The van der Waals surface area contributed by atoms with Crippen molar-refractivity contribution < 1.29 is 17.9 Å². The Morgan fingerprint density at radius 1 is 1.03 bits per heavy atom. The van der Waals surface area contributed by atoms with Crippen LogP contribution in [0.1, 0.15) is 64.5 Å². The molecule has 1 heterocycles. The minimum Gasteiger partial charge on any atom is -0.372 e. The number of hydrogen-bond donors (Lipinski definition) is 2. The molecule has 1 saturated heterocycles. The Bertz CT molecular complexity index is 913. The molecule has 2 aliphatic rings. The number of benzene rings is 1. The molecule has 7 nitrogen and oxygen atoms in total. The molecule has 1 saturated carbocycles. The topological polar surface area (TPSA) is 87.7 Å². The number of hydrogen-bond acceptors (Lipinski definition) is 5. The summed E-state index contributed by atoms with van der Waals surface area (Å²) in [7, 11) is -3.28. The summed E-state index contributed by atoms with van der Waals surface area (Å²) in [5.41, 5.74) is 4.31. The number of nitrogens with one attached hydrogen (secondary N) is 2. The zero-order chi connectivity index (χ0) is 23.6. The second kappa shape index (κ2) is 10.1. The van der Waals surface area contributed by atoms with Gasteiger partial charge in [-0.25, -0.2) is 13.1 Å². The molecule has 32 heavy (non-hydrogen) atoms. The van der Waals surface area contributed by atoms with Gasteiger partial charge in [-0.05, 0) is 90.5 Å². The summed E-state index contributed by atoms with van der Waals surface area (Å²) in [6.07, 6.45) is 3.15. The molecule has 0 spiro atoms. The number of ether oxygens (including phenoxy) is 1. The van der Waals surface area contributed by atoms with E-state index in [1.807, 2.05) is 6.07 Å². The lowest BCUT2D eigenvalue weighted by atomic mass is 9.86. The van der Waals surface area contributed by atoms with E-state index < -0.39 is 15.3 Å². The van der Waals surface area contributed by atoms with Crippen LogP contribution in [-0.4, -0.2) is 50.9 Å². The fourth-order valence-corrected chi connectivity index (χ4v) is 5.71. The van der Waals surface area contributed by atoms with Crippen LogP contribution in [0, 0.1) is 19.8 Å². The third-order valence-corrected chi connectivity index (χ3v) is 8.73. The fraction of sp³-hybridized carbons (Fsp3) is 0.708. The number of carbonyl (C=O) groups is 1. The Hall–Kier alpha value is -1.64. The van der Waals surface area contributed by atoms with Gasteiger partial charge >= 0.3 is 0 Å². The van der Waals surface area contributed by atoms with Crippen LogP contribution >= 0.6 is 0 Å². The highest BCUT2D eigenvalue weighted by Crippen LogP contribution is 2.32. The summed E-state index contributed by atoms with van der Waals surface area (Å²) < 4.78 is 32.9. The van der Waals surface area contributed by atoms with Crippen molar-refractivity contribution in [1.82, 2.24) is 4.72 Å². The van der Waals surface area contributed by atoms with Gasteiger partial charge in [0.1, 0.15) is 0 Å². The Morgan fingerprint density at radius 3 is 2.19 bits per heavy atom. The standard InChI is InChI=1S/C24H39N3O4S/c1-15(2)32(29,30)26-21-9-7-20(8-10-21)24(28)25-22-11-12-23(19(6)18(22)5)27-13-16(3)31-17(4)14-27/h11-12,15-17,20-21,26H,7-10,13-14H2,1-6H3,(H,25,28)/t16-,17+,20?,21?. The lowest BCUT2D eigenvalue weighted by Gasteiger charge is -2.38. The number of sulfonamides is 1. The first-order chi connectivity index (χ1) is 15.0. The summed E-state index contributed by atoms with van der Waals surface area (Å²) >= 11 is 0.